The third-order valence-electron chi connectivity index (χ3n) is 5.14. The number of ether oxygens (including phenoxy) is 1. The summed E-state index contributed by atoms with van der Waals surface area (Å²) in [6, 6.07) is 8.32. The van der Waals surface area contributed by atoms with Gasteiger partial charge in [0.15, 0.2) is 5.69 Å². The van der Waals surface area contributed by atoms with Gasteiger partial charge in [-0.2, -0.15) is 13.2 Å². The molecule has 10 nitrogen and oxygen atoms in total. The number of nitrogens with one attached hydrogen (secondary N) is 3. The molecule has 1 aromatic carbocycles. The molecule has 38 heavy (non-hydrogen) atoms. The molecule has 2 amide bonds. The van der Waals surface area contributed by atoms with E-state index in [0.717, 1.165) is 24.0 Å². The van der Waals surface area contributed by atoms with Crippen molar-refractivity contribution >= 4 is 35.1 Å². The summed E-state index contributed by atoms with van der Waals surface area (Å²) >= 11 is 1.15. The van der Waals surface area contributed by atoms with E-state index < -0.39 is 47.8 Å². The van der Waals surface area contributed by atoms with E-state index >= 15 is 0 Å². The van der Waals surface area contributed by atoms with E-state index in [0.29, 0.717) is 23.9 Å². The van der Waals surface area contributed by atoms with E-state index in [2.05, 4.69) is 30.7 Å². The highest BCUT2D eigenvalue weighted by atomic mass is 32.1. The quantitative estimate of drug-likeness (QED) is 0.211. The molecule has 0 unspecified atom stereocenters. The number of hydrogen-bond acceptors (Lipinski definition) is 9. The number of carbonyl (C=O) groups excluding carboxylic acids is 3. The van der Waals surface area contributed by atoms with Crippen molar-refractivity contribution < 1.29 is 37.4 Å². The largest absolute Gasteiger partial charge is 0.508 e. The van der Waals surface area contributed by atoms with Crippen LogP contribution in [-0.4, -0.2) is 59.1 Å². The molecule has 2 aromatic heterocycles. The molecule has 4 N–H and O–H groups in total. The van der Waals surface area contributed by atoms with Gasteiger partial charge in [-0.15, -0.1) is 11.3 Å². The number of phenols is 1. The molecule has 0 aliphatic carbocycles. The van der Waals surface area contributed by atoms with Crippen LogP contribution in [0.5, 0.6) is 5.75 Å². The van der Waals surface area contributed by atoms with Crippen LogP contribution >= 0.6 is 11.3 Å². The van der Waals surface area contributed by atoms with Crippen LogP contribution in [0.2, 0.25) is 0 Å². The molecular formula is C24H24F3N5O5S. The molecule has 0 saturated heterocycles. The fraction of sp³-hybridized carbons (Fsp3) is 0.292. The predicted octanol–water partition coefficient (Wildman–Crippen LogP) is 3.01. The summed E-state index contributed by atoms with van der Waals surface area (Å²) in [6.45, 7) is -0.191. The highest BCUT2D eigenvalue weighted by Gasteiger charge is 2.39. The van der Waals surface area contributed by atoms with Gasteiger partial charge in [0.05, 0.1) is 17.6 Å². The Balaban J connectivity index is 1.67. The van der Waals surface area contributed by atoms with Crippen molar-refractivity contribution in [3.05, 3.63) is 69.7 Å². The summed E-state index contributed by atoms with van der Waals surface area (Å²) < 4.78 is 45.8. The van der Waals surface area contributed by atoms with Crippen LogP contribution in [-0.2, 0) is 22.1 Å². The fourth-order valence-corrected chi connectivity index (χ4v) is 3.96. The van der Waals surface area contributed by atoms with E-state index in [-0.39, 0.29) is 18.2 Å². The van der Waals surface area contributed by atoms with Gasteiger partial charge in [0.25, 0.3) is 11.8 Å². The summed E-state index contributed by atoms with van der Waals surface area (Å²) in [5.41, 5.74) is -1.55. The number of aromatic hydroxyl groups is 1. The first-order chi connectivity index (χ1) is 18.1. The van der Waals surface area contributed by atoms with Crippen molar-refractivity contribution in [3.8, 4) is 5.75 Å². The molecule has 3 aromatic rings. The van der Waals surface area contributed by atoms with Crippen LogP contribution in [0.4, 0.5) is 19.1 Å². The average molecular weight is 552 g/mol. The minimum absolute atomic E-state index is 0.113. The maximum atomic E-state index is 13.7. The minimum Gasteiger partial charge on any atom is -0.508 e. The third-order valence-corrected chi connectivity index (χ3v) is 6.01. The number of benzene rings is 1. The normalized spacial score (nSPS) is 11.9. The van der Waals surface area contributed by atoms with E-state index in [1.807, 2.05) is 0 Å². The Hall–Kier alpha value is -4.20. The Kier molecular flexibility index (Phi) is 9.60. The fourth-order valence-electron chi connectivity index (χ4n) is 3.32. The first kappa shape index (κ1) is 28.4. The van der Waals surface area contributed by atoms with Gasteiger partial charge in [-0.05, 0) is 42.0 Å². The van der Waals surface area contributed by atoms with Gasteiger partial charge < -0.3 is 25.8 Å². The second-order valence-electron chi connectivity index (χ2n) is 7.89. The van der Waals surface area contributed by atoms with Crippen LogP contribution in [0.3, 0.4) is 0 Å². The molecule has 1 atom stereocenters. The second kappa shape index (κ2) is 12.9. The van der Waals surface area contributed by atoms with Gasteiger partial charge >= 0.3 is 12.1 Å². The minimum atomic E-state index is -5.00. The van der Waals surface area contributed by atoms with Crippen LogP contribution in [0.25, 0.3) is 0 Å². The average Bonchev–Trinajstić information content (AvgIpc) is 3.43. The lowest BCUT2D eigenvalue weighted by Gasteiger charge is -2.18. The number of methoxy groups -OCH3 is 1. The highest BCUT2D eigenvalue weighted by molar-refractivity contribution is 7.12. The number of phenolic OH excluding ortho intramolecular Hbond substituents is 1. The smallest absolute Gasteiger partial charge is 0.434 e. The number of aryl methyl sites for hydroxylation is 1. The number of carbonyl (C=O) groups is 3. The standard InChI is InChI=1S/C24H24F3N5O5S/c1-37-22(36)17(13-29-21(35)18-8-4-10-38-18)31-20(34)16-12-30-23(32-19(16)24(25,26)27)28-9-3-6-14-5-2-7-15(33)11-14/h2,4-5,7-8,10-12,17,33H,3,6,9,13H2,1H3,(H,29,35)(H,31,34)(H,28,30,32)/t17-/m0/s1. The van der Waals surface area contributed by atoms with Crippen molar-refractivity contribution in [2.24, 2.45) is 0 Å². The molecule has 0 bridgehead atoms. The van der Waals surface area contributed by atoms with Crippen LogP contribution in [0, 0.1) is 0 Å². The Morgan fingerprint density at radius 2 is 1.95 bits per heavy atom. The maximum Gasteiger partial charge on any atom is 0.434 e. The lowest BCUT2D eigenvalue weighted by atomic mass is 10.1. The van der Waals surface area contributed by atoms with Crippen molar-refractivity contribution in [1.29, 1.82) is 0 Å². The van der Waals surface area contributed by atoms with Gasteiger partial charge in [-0.1, -0.05) is 18.2 Å². The topological polar surface area (TPSA) is 143 Å². The van der Waals surface area contributed by atoms with E-state index in [9.17, 15) is 32.7 Å². The molecule has 0 fully saturated rings. The molecule has 3 rings (SSSR count). The predicted molar refractivity (Wildman–Crippen MR) is 132 cm³/mol. The third kappa shape index (κ3) is 7.90. The first-order valence-corrected chi connectivity index (χ1v) is 12.1. The molecule has 14 heteroatoms. The molecule has 0 saturated carbocycles. The van der Waals surface area contributed by atoms with Gasteiger partial charge in [0.1, 0.15) is 11.8 Å². The Labute approximate surface area is 219 Å². The molecule has 0 spiro atoms. The Morgan fingerprint density at radius 3 is 2.61 bits per heavy atom. The van der Waals surface area contributed by atoms with E-state index in [1.165, 1.54) is 6.07 Å². The molecule has 2 heterocycles. The van der Waals surface area contributed by atoms with Crippen LogP contribution in [0.1, 0.15) is 37.7 Å². The van der Waals surface area contributed by atoms with Crippen molar-refractivity contribution in [2.75, 3.05) is 25.5 Å². The maximum absolute atomic E-state index is 13.7. The highest BCUT2D eigenvalue weighted by Crippen LogP contribution is 2.31. The van der Waals surface area contributed by atoms with Crippen molar-refractivity contribution in [3.63, 3.8) is 0 Å². The lowest BCUT2D eigenvalue weighted by Crippen LogP contribution is -2.49. The number of nitrogens with zero attached hydrogens (tertiary/aromatic N) is 2. The Morgan fingerprint density at radius 1 is 1.16 bits per heavy atom. The molecular weight excluding hydrogens is 527 g/mol. The number of aromatic nitrogens is 2. The number of esters is 1. The summed E-state index contributed by atoms with van der Waals surface area (Å²) in [5, 5.41) is 18.4. The SMILES string of the molecule is COC(=O)[C@H](CNC(=O)c1cccs1)NC(=O)c1cnc(NCCCc2cccc(O)c2)nc1C(F)(F)F. The zero-order valence-electron chi connectivity index (χ0n) is 20.0. The summed E-state index contributed by atoms with van der Waals surface area (Å²) in [5.74, 6) is -2.99. The summed E-state index contributed by atoms with van der Waals surface area (Å²) in [6.07, 6.45) is -3.23. The number of rotatable bonds is 11. The zero-order valence-corrected chi connectivity index (χ0v) is 20.9. The zero-order chi connectivity index (χ0) is 27.7. The molecule has 0 radical (unpaired) electrons. The monoisotopic (exact) mass is 551 g/mol. The van der Waals surface area contributed by atoms with Crippen molar-refractivity contribution in [1.82, 2.24) is 20.6 Å². The van der Waals surface area contributed by atoms with E-state index in [1.54, 1.807) is 35.7 Å². The second-order valence-corrected chi connectivity index (χ2v) is 8.84. The number of amides is 2. The number of alkyl halides is 3. The number of anilines is 1. The van der Waals surface area contributed by atoms with Gasteiger partial charge in [0, 0.05) is 19.3 Å². The molecule has 0 aliphatic rings. The Bertz CT molecular complexity index is 1270. The first-order valence-electron chi connectivity index (χ1n) is 11.2. The van der Waals surface area contributed by atoms with Crippen LogP contribution < -0.4 is 16.0 Å². The summed E-state index contributed by atoms with van der Waals surface area (Å²) in [7, 11) is 1.04. The van der Waals surface area contributed by atoms with E-state index in [4.69, 9.17) is 0 Å². The number of halogens is 3. The molecule has 202 valence electrons. The van der Waals surface area contributed by atoms with Gasteiger partial charge in [0.2, 0.25) is 5.95 Å². The van der Waals surface area contributed by atoms with Crippen LogP contribution in [0.15, 0.2) is 48.0 Å². The lowest BCUT2D eigenvalue weighted by molar-refractivity contribution is -0.142. The van der Waals surface area contributed by atoms with Gasteiger partial charge in [-0.25, -0.2) is 14.8 Å². The molecule has 0 aliphatic heterocycles. The van der Waals surface area contributed by atoms with Gasteiger partial charge in [-0.3, -0.25) is 9.59 Å². The number of hydrogen-bond donors (Lipinski definition) is 4. The number of thiophene rings is 1. The summed E-state index contributed by atoms with van der Waals surface area (Å²) in [4.78, 5) is 44.6. The van der Waals surface area contributed by atoms with Crippen molar-refractivity contribution in [2.45, 2.75) is 25.1 Å².